The summed E-state index contributed by atoms with van der Waals surface area (Å²) in [5.74, 6) is 0.757. The first-order chi connectivity index (χ1) is 11.1. The molecule has 0 saturated carbocycles. The summed E-state index contributed by atoms with van der Waals surface area (Å²) in [5.41, 5.74) is 1.94. The number of benzene rings is 1. The van der Waals surface area contributed by atoms with Crippen LogP contribution in [0.2, 0.25) is 0 Å². The molecule has 5 heteroatoms. The van der Waals surface area contributed by atoms with Crippen LogP contribution < -0.4 is 10.3 Å². The summed E-state index contributed by atoms with van der Waals surface area (Å²) in [6.45, 7) is 3.51. The number of para-hydroxylation sites is 1. The lowest BCUT2D eigenvalue weighted by atomic mass is 10.1. The fourth-order valence-electron chi connectivity index (χ4n) is 2.22. The van der Waals surface area contributed by atoms with E-state index in [1.807, 2.05) is 36.4 Å². The molecule has 0 N–H and O–H groups in total. The summed E-state index contributed by atoms with van der Waals surface area (Å²) in [6, 6.07) is 11.3. The van der Waals surface area contributed by atoms with E-state index in [-0.39, 0.29) is 5.56 Å². The Balaban J connectivity index is 2.30. The van der Waals surface area contributed by atoms with Gasteiger partial charge in [-0.15, -0.1) is 0 Å². The maximum Gasteiger partial charge on any atom is 0.289 e. The second-order valence-electron chi connectivity index (χ2n) is 4.94. The van der Waals surface area contributed by atoms with E-state index >= 15 is 0 Å². The van der Waals surface area contributed by atoms with Crippen LogP contribution in [0.25, 0.3) is 6.08 Å². The van der Waals surface area contributed by atoms with Crippen molar-refractivity contribution in [1.82, 2.24) is 4.68 Å². The molecule has 1 heterocycles. The number of hydrogen-bond donors (Lipinski definition) is 0. The fourth-order valence-corrected chi connectivity index (χ4v) is 2.22. The molecular formula is C18H17N3O2. The third kappa shape index (κ3) is 3.55. The minimum Gasteiger partial charge on any atom is -0.496 e. The number of nitriles is 1. The molecule has 0 amide bonds. The van der Waals surface area contributed by atoms with Gasteiger partial charge in [-0.05, 0) is 43.7 Å². The second kappa shape index (κ2) is 7.23. The molecule has 1 aromatic heterocycles. The first kappa shape index (κ1) is 16.2. The number of allylic oxidation sites excluding steroid dienone is 1. The van der Waals surface area contributed by atoms with Crippen molar-refractivity contribution >= 4 is 12.3 Å². The lowest BCUT2D eigenvalue weighted by Crippen LogP contribution is -2.22. The number of methoxy groups -OCH3 is 1. The molecule has 0 unspecified atom stereocenters. The Morgan fingerprint density at radius 1 is 1.30 bits per heavy atom. The van der Waals surface area contributed by atoms with Crippen LogP contribution in [-0.2, 0) is 0 Å². The normalized spacial score (nSPS) is 11.0. The minimum absolute atomic E-state index is 0.112. The average Bonchev–Trinajstić information content (AvgIpc) is 2.54. The molecule has 0 aliphatic rings. The molecular weight excluding hydrogens is 290 g/mol. The summed E-state index contributed by atoms with van der Waals surface area (Å²) in [6.07, 6.45) is 5.06. The molecule has 0 radical (unpaired) electrons. The van der Waals surface area contributed by atoms with Gasteiger partial charge >= 0.3 is 0 Å². The summed E-state index contributed by atoms with van der Waals surface area (Å²) >= 11 is 0. The van der Waals surface area contributed by atoms with Gasteiger partial charge < -0.3 is 4.74 Å². The quantitative estimate of drug-likeness (QED) is 0.816. The Labute approximate surface area is 134 Å². The predicted molar refractivity (Wildman–Crippen MR) is 90.8 cm³/mol. The summed E-state index contributed by atoms with van der Waals surface area (Å²) in [4.78, 5) is 12.2. The van der Waals surface area contributed by atoms with Crippen molar-refractivity contribution in [2.75, 3.05) is 7.11 Å². The number of aryl methyl sites for hydroxylation is 2. The first-order valence-electron chi connectivity index (χ1n) is 7.06. The number of hydrogen-bond acceptors (Lipinski definition) is 4. The number of rotatable bonds is 4. The summed E-state index contributed by atoms with van der Waals surface area (Å²) < 4.78 is 6.48. The van der Waals surface area contributed by atoms with Crippen molar-refractivity contribution in [3.05, 3.63) is 69.1 Å². The molecule has 2 aromatic rings. The molecule has 1 aromatic carbocycles. The molecule has 0 aliphatic carbocycles. The standard InChI is InChI=1S/C18H17N3O2/c1-13-11-14(2)21(18(22)16(13)12-19)20-10-6-8-15-7-4-5-9-17(15)23-3/h4-11H,1-3H3/b8-6+,20-10+. The highest BCUT2D eigenvalue weighted by Gasteiger charge is 2.08. The van der Waals surface area contributed by atoms with Crippen molar-refractivity contribution in [3.8, 4) is 11.8 Å². The first-order valence-corrected chi connectivity index (χ1v) is 7.06. The Morgan fingerprint density at radius 3 is 2.74 bits per heavy atom. The van der Waals surface area contributed by atoms with E-state index in [0.29, 0.717) is 11.3 Å². The SMILES string of the molecule is COc1ccccc1/C=C/C=N/n1c(C)cc(C)c(C#N)c1=O. The second-order valence-corrected chi connectivity index (χ2v) is 4.94. The molecule has 0 atom stereocenters. The maximum atomic E-state index is 12.2. The van der Waals surface area contributed by atoms with Gasteiger partial charge in [0.25, 0.3) is 5.56 Å². The molecule has 23 heavy (non-hydrogen) atoms. The van der Waals surface area contributed by atoms with Crippen LogP contribution in [0.3, 0.4) is 0 Å². The molecule has 0 bridgehead atoms. The van der Waals surface area contributed by atoms with E-state index in [4.69, 9.17) is 10.00 Å². The zero-order valence-corrected chi connectivity index (χ0v) is 13.3. The highest BCUT2D eigenvalue weighted by molar-refractivity contribution is 5.79. The van der Waals surface area contributed by atoms with Gasteiger partial charge in [-0.25, -0.2) is 4.68 Å². The van der Waals surface area contributed by atoms with Crippen LogP contribution in [0.1, 0.15) is 22.4 Å². The van der Waals surface area contributed by atoms with E-state index in [2.05, 4.69) is 5.10 Å². The van der Waals surface area contributed by atoms with Crippen molar-refractivity contribution < 1.29 is 4.74 Å². The van der Waals surface area contributed by atoms with Crippen LogP contribution in [0.5, 0.6) is 5.75 Å². The van der Waals surface area contributed by atoms with Gasteiger partial charge in [0.2, 0.25) is 0 Å². The third-order valence-electron chi connectivity index (χ3n) is 3.35. The van der Waals surface area contributed by atoms with E-state index < -0.39 is 5.56 Å². The van der Waals surface area contributed by atoms with Gasteiger partial charge in [-0.3, -0.25) is 4.79 Å². The van der Waals surface area contributed by atoms with E-state index in [9.17, 15) is 4.79 Å². The van der Waals surface area contributed by atoms with E-state index in [0.717, 1.165) is 11.3 Å². The molecule has 0 spiro atoms. The average molecular weight is 307 g/mol. The zero-order valence-electron chi connectivity index (χ0n) is 13.3. The lowest BCUT2D eigenvalue weighted by Gasteiger charge is -2.05. The smallest absolute Gasteiger partial charge is 0.289 e. The lowest BCUT2D eigenvalue weighted by molar-refractivity contribution is 0.414. The van der Waals surface area contributed by atoms with Gasteiger partial charge in [0.05, 0.1) is 7.11 Å². The van der Waals surface area contributed by atoms with Crippen molar-refractivity contribution in [2.24, 2.45) is 5.10 Å². The van der Waals surface area contributed by atoms with Crippen molar-refractivity contribution in [1.29, 1.82) is 5.26 Å². The van der Waals surface area contributed by atoms with Crippen LogP contribution in [0.15, 0.2) is 46.3 Å². The number of aromatic nitrogens is 1. The largest absolute Gasteiger partial charge is 0.496 e. The van der Waals surface area contributed by atoms with E-state index in [1.165, 1.54) is 10.9 Å². The topological polar surface area (TPSA) is 67.4 Å². The third-order valence-corrected chi connectivity index (χ3v) is 3.35. The summed E-state index contributed by atoms with van der Waals surface area (Å²) in [5, 5.41) is 13.2. The number of pyridine rings is 1. The number of nitrogens with zero attached hydrogens (tertiary/aromatic N) is 3. The maximum absolute atomic E-state index is 12.2. The Bertz CT molecular complexity index is 871. The van der Waals surface area contributed by atoms with Crippen LogP contribution >= 0.6 is 0 Å². The molecule has 0 aliphatic heterocycles. The monoisotopic (exact) mass is 307 g/mol. The number of ether oxygens (including phenoxy) is 1. The van der Waals surface area contributed by atoms with Crippen LogP contribution in [0.4, 0.5) is 0 Å². The molecule has 0 fully saturated rings. The predicted octanol–water partition coefficient (Wildman–Crippen LogP) is 2.89. The van der Waals surface area contributed by atoms with Gasteiger partial charge in [0.1, 0.15) is 17.4 Å². The molecule has 116 valence electrons. The van der Waals surface area contributed by atoms with Crippen LogP contribution in [0, 0.1) is 25.2 Å². The fraction of sp³-hybridized carbons (Fsp3) is 0.167. The molecule has 5 nitrogen and oxygen atoms in total. The highest BCUT2D eigenvalue weighted by atomic mass is 16.5. The Kier molecular flexibility index (Phi) is 5.11. The molecule has 0 saturated heterocycles. The summed E-state index contributed by atoms with van der Waals surface area (Å²) in [7, 11) is 1.61. The minimum atomic E-state index is -0.410. The van der Waals surface area contributed by atoms with Crippen LogP contribution in [-0.4, -0.2) is 18.0 Å². The van der Waals surface area contributed by atoms with E-state index in [1.54, 1.807) is 33.1 Å². The van der Waals surface area contributed by atoms with Gasteiger partial charge in [-0.1, -0.05) is 18.2 Å². The highest BCUT2D eigenvalue weighted by Crippen LogP contribution is 2.18. The zero-order chi connectivity index (χ0) is 16.8. The van der Waals surface area contributed by atoms with Gasteiger partial charge in [0.15, 0.2) is 0 Å². The Morgan fingerprint density at radius 2 is 2.04 bits per heavy atom. The Hall–Kier alpha value is -3.13. The van der Waals surface area contributed by atoms with Crippen molar-refractivity contribution in [2.45, 2.75) is 13.8 Å². The van der Waals surface area contributed by atoms with Crippen molar-refractivity contribution in [3.63, 3.8) is 0 Å². The molecule has 2 rings (SSSR count). The van der Waals surface area contributed by atoms with Gasteiger partial charge in [-0.2, -0.15) is 10.4 Å². The van der Waals surface area contributed by atoms with Gasteiger partial charge in [0, 0.05) is 17.5 Å².